The highest BCUT2D eigenvalue weighted by Gasteiger charge is 2.25. The third kappa shape index (κ3) is 4.50. The van der Waals surface area contributed by atoms with Gasteiger partial charge in [-0.15, -0.1) is 0 Å². The van der Waals surface area contributed by atoms with Gasteiger partial charge in [-0.3, -0.25) is 14.4 Å². The first-order valence-corrected chi connectivity index (χ1v) is 10.1. The van der Waals surface area contributed by atoms with E-state index >= 15 is 0 Å². The molecule has 4 rings (SSSR count). The van der Waals surface area contributed by atoms with E-state index in [1.54, 1.807) is 15.9 Å². The number of hydrogen-bond donors (Lipinski definition) is 1. The van der Waals surface area contributed by atoms with Gasteiger partial charge in [0.2, 0.25) is 11.8 Å². The molecule has 0 aliphatic carbocycles. The lowest BCUT2D eigenvalue weighted by Crippen LogP contribution is -2.46. The van der Waals surface area contributed by atoms with Gasteiger partial charge < -0.3 is 19.5 Å². The Hall–Kier alpha value is -3.09. The summed E-state index contributed by atoms with van der Waals surface area (Å²) in [6.45, 7) is 2.00. The number of amides is 3. The predicted octanol–water partition coefficient (Wildman–Crippen LogP) is 2.37. The molecule has 0 unspecified atom stereocenters. The molecular formula is C22H25N3O4. The largest absolute Gasteiger partial charge is 0.472 e. The van der Waals surface area contributed by atoms with Gasteiger partial charge in [0.25, 0.3) is 5.91 Å². The number of nitrogens with one attached hydrogen (secondary N) is 1. The number of likely N-dealkylation sites (tertiary alicyclic amines) is 1. The van der Waals surface area contributed by atoms with Crippen LogP contribution in [-0.4, -0.2) is 48.3 Å². The molecule has 2 fully saturated rings. The number of anilines is 1. The summed E-state index contributed by atoms with van der Waals surface area (Å²) < 4.78 is 4.97. The van der Waals surface area contributed by atoms with E-state index in [1.807, 2.05) is 24.3 Å². The summed E-state index contributed by atoms with van der Waals surface area (Å²) in [6.07, 6.45) is 6.25. The van der Waals surface area contributed by atoms with Crippen molar-refractivity contribution in [3.63, 3.8) is 0 Å². The smallest absolute Gasteiger partial charge is 0.257 e. The number of rotatable bonds is 5. The van der Waals surface area contributed by atoms with Crippen LogP contribution in [0.4, 0.5) is 5.69 Å². The van der Waals surface area contributed by atoms with Crippen LogP contribution < -0.4 is 10.2 Å². The third-order valence-electron chi connectivity index (χ3n) is 5.60. The topological polar surface area (TPSA) is 82.9 Å². The number of benzene rings is 1. The Balaban J connectivity index is 1.24. The molecule has 1 aromatic heterocycles. The molecule has 0 saturated carbocycles. The van der Waals surface area contributed by atoms with Gasteiger partial charge in [0.05, 0.1) is 18.2 Å². The normalized spacial score (nSPS) is 17.6. The van der Waals surface area contributed by atoms with Crippen LogP contribution in [0.2, 0.25) is 0 Å². The molecule has 0 bridgehead atoms. The first kappa shape index (κ1) is 19.2. The highest BCUT2D eigenvalue weighted by atomic mass is 16.3. The monoisotopic (exact) mass is 395 g/mol. The highest BCUT2D eigenvalue weighted by Crippen LogP contribution is 2.22. The van der Waals surface area contributed by atoms with Gasteiger partial charge in [-0.05, 0) is 43.0 Å². The van der Waals surface area contributed by atoms with E-state index in [9.17, 15) is 14.4 Å². The zero-order valence-electron chi connectivity index (χ0n) is 16.3. The minimum absolute atomic E-state index is 0.0189. The summed E-state index contributed by atoms with van der Waals surface area (Å²) in [6, 6.07) is 9.38. The summed E-state index contributed by atoms with van der Waals surface area (Å²) in [5.74, 6) is 0.114. The fourth-order valence-corrected chi connectivity index (χ4v) is 3.97. The molecule has 0 atom stereocenters. The number of carbonyl (C=O) groups excluding carboxylic acids is 3. The molecular weight excluding hydrogens is 370 g/mol. The average Bonchev–Trinajstić information content (AvgIpc) is 3.41. The summed E-state index contributed by atoms with van der Waals surface area (Å²) in [7, 11) is 0. The molecule has 1 aromatic carbocycles. The van der Waals surface area contributed by atoms with Crippen molar-refractivity contribution in [2.24, 2.45) is 0 Å². The Morgan fingerprint density at radius 3 is 2.45 bits per heavy atom. The molecule has 29 heavy (non-hydrogen) atoms. The standard InChI is InChI=1S/C22H25N3O4/c26-20(14-16-3-5-19(6-4-16)25-10-1-2-21(25)27)23-18-7-11-24(12-8-18)22(28)17-9-13-29-15-17/h3-6,9,13,15,18H,1-2,7-8,10-12,14H2,(H,23,26). The maximum atomic E-state index is 12.4. The van der Waals surface area contributed by atoms with E-state index in [1.165, 1.54) is 12.5 Å². The van der Waals surface area contributed by atoms with Crippen molar-refractivity contribution in [3.05, 3.63) is 54.0 Å². The molecule has 2 aliphatic heterocycles. The van der Waals surface area contributed by atoms with Crippen LogP contribution in [-0.2, 0) is 16.0 Å². The molecule has 3 amide bonds. The Labute approximate surface area is 169 Å². The van der Waals surface area contributed by atoms with Gasteiger partial charge in [0.1, 0.15) is 6.26 Å². The van der Waals surface area contributed by atoms with Crippen LogP contribution in [0.1, 0.15) is 41.6 Å². The third-order valence-corrected chi connectivity index (χ3v) is 5.60. The van der Waals surface area contributed by atoms with Crippen molar-refractivity contribution >= 4 is 23.4 Å². The van der Waals surface area contributed by atoms with Gasteiger partial charge in [-0.25, -0.2) is 0 Å². The molecule has 2 saturated heterocycles. The zero-order chi connectivity index (χ0) is 20.2. The van der Waals surface area contributed by atoms with Crippen molar-refractivity contribution in [1.82, 2.24) is 10.2 Å². The molecule has 152 valence electrons. The molecule has 0 spiro atoms. The number of furan rings is 1. The maximum Gasteiger partial charge on any atom is 0.257 e. The second-order valence-electron chi connectivity index (χ2n) is 7.64. The van der Waals surface area contributed by atoms with Crippen molar-refractivity contribution in [2.75, 3.05) is 24.5 Å². The predicted molar refractivity (Wildman–Crippen MR) is 108 cm³/mol. The van der Waals surface area contributed by atoms with E-state index in [2.05, 4.69) is 5.32 Å². The Morgan fingerprint density at radius 1 is 1.07 bits per heavy atom. The molecule has 2 aliphatic rings. The SMILES string of the molecule is O=C(Cc1ccc(N2CCCC2=O)cc1)NC1CCN(C(=O)c2ccoc2)CC1. The van der Waals surface area contributed by atoms with Crippen LogP contribution in [0.5, 0.6) is 0 Å². The number of carbonyl (C=O) groups is 3. The molecule has 1 N–H and O–H groups in total. The highest BCUT2D eigenvalue weighted by molar-refractivity contribution is 5.95. The average molecular weight is 395 g/mol. The second kappa shape index (κ2) is 8.51. The van der Waals surface area contributed by atoms with Crippen molar-refractivity contribution < 1.29 is 18.8 Å². The van der Waals surface area contributed by atoms with E-state index in [0.717, 1.165) is 37.1 Å². The van der Waals surface area contributed by atoms with E-state index < -0.39 is 0 Å². The van der Waals surface area contributed by atoms with E-state index in [0.29, 0.717) is 31.5 Å². The lowest BCUT2D eigenvalue weighted by molar-refractivity contribution is -0.121. The minimum atomic E-state index is -0.0277. The molecule has 0 radical (unpaired) electrons. The van der Waals surface area contributed by atoms with Crippen molar-refractivity contribution in [2.45, 2.75) is 38.1 Å². The number of nitrogens with zero attached hydrogens (tertiary/aromatic N) is 2. The van der Waals surface area contributed by atoms with Gasteiger partial charge >= 0.3 is 0 Å². The summed E-state index contributed by atoms with van der Waals surface area (Å²) in [4.78, 5) is 40.2. The van der Waals surface area contributed by atoms with Gasteiger partial charge in [0, 0.05) is 37.8 Å². The Bertz CT molecular complexity index is 868. The first-order valence-electron chi connectivity index (χ1n) is 10.1. The van der Waals surface area contributed by atoms with E-state index in [4.69, 9.17) is 4.42 Å². The fourth-order valence-electron chi connectivity index (χ4n) is 3.97. The van der Waals surface area contributed by atoms with Crippen LogP contribution in [0.25, 0.3) is 0 Å². The minimum Gasteiger partial charge on any atom is -0.472 e. The first-order chi connectivity index (χ1) is 14.1. The number of piperidine rings is 1. The second-order valence-corrected chi connectivity index (χ2v) is 7.64. The van der Waals surface area contributed by atoms with Crippen molar-refractivity contribution in [3.8, 4) is 0 Å². The van der Waals surface area contributed by atoms with Gasteiger partial charge in [0.15, 0.2) is 0 Å². The Kier molecular flexibility index (Phi) is 5.64. The van der Waals surface area contributed by atoms with Crippen LogP contribution in [0, 0.1) is 0 Å². The fraction of sp³-hybridized carbons (Fsp3) is 0.409. The lowest BCUT2D eigenvalue weighted by atomic mass is 10.0. The summed E-state index contributed by atoms with van der Waals surface area (Å²) in [5, 5.41) is 3.08. The molecule has 3 heterocycles. The summed E-state index contributed by atoms with van der Waals surface area (Å²) >= 11 is 0. The zero-order valence-corrected chi connectivity index (χ0v) is 16.3. The van der Waals surface area contributed by atoms with Crippen LogP contribution >= 0.6 is 0 Å². The summed E-state index contributed by atoms with van der Waals surface area (Å²) in [5.41, 5.74) is 2.38. The van der Waals surface area contributed by atoms with Gasteiger partial charge in [-0.1, -0.05) is 12.1 Å². The van der Waals surface area contributed by atoms with Crippen molar-refractivity contribution in [1.29, 1.82) is 0 Å². The number of hydrogen-bond acceptors (Lipinski definition) is 4. The maximum absolute atomic E-state index is 12.4. The Morgan fingerprint density at radius 2 is 1.83 bits per heavy atom. The lowest BCUT2D eigenvalue weighted by Gasteiger charge is -2.32. The van der Waals surface area contributed by atoms with E-state index in [-0.39, 0.29) is 23.8 Å². The molecule has 7 nitrogen and oxygen atoms in total. The van der Waals surface area contributed by atoms with Gasteiger partial charge in [-0.2, -0.15) is 0 Å². The molecule has 7 heteroatoms. The van der Waals surface area contributed by atoms with Crippen LogP contribution in [0.15, 0.2) is 47.3 Å². The quantitative estimate of drug-likeness (QED) is 0.843. The molecule has 2 aromatic rings. The van der Waals surface area contributed by atoms with Crippen LogP contribution in [0.3, 0.4) is 0 Å².